The van der Waals surface area contributed by atoms with Crippen LogP contribution in [0.2, 0.25) is 0 Å². The van der Waals surface area contributed by atoms with Crippen LogP contribution in [0.1, 0.15) is 41.6 Å². The smallest absolute Gasteiger partial charge is 0.266 e. The molecule has 9 nitrogen and oxygen atoms in total. The number of rotatable bonds is 6. The summed E-state index contributed by atoms with van der Waals surface area (Å²) in [7, 11) is 0. The molecular weight excluding hydrogens is 396 g/mol. The van der Waals surface area contributed by atoms with Gasteiger partial charge in [0.1, 0.15) is 40.4 Å². The third-order valence-corrected chi connectivity index (χ3v) is 4.50. The monoisotopic (exact) mass is 413 g/mol. The maximum absolute atomic E-state index is 13.9. The van der Waals surface area contributed by atoms with Gasteiger partial charge in [0.15, 0.2) is 0 Å². The van der Waals surface area contributed by atoms with Crippen molar-refractivity contribution in [2.45, 2.75) is 26.4 Å². The average molecular weight is 413 g/mol. The van der Waals surface area contributed by atoms with Crippen LogP contribution >= 0.6 is 0 Å². The number of hydrogen-bond acceptors (Lipinski definition) is 6. The lowest BCUT2D eigenvalue weighted by Crippen LogP contribution is -2.21. The van der Waals surface area contributed by atoms with Crippen molar-refractivity contribution in [1.82, 2.24) is 19.6 Å². The quantitative estimate of drug-likeness (QED) is 0.364. The summed E-state index contributed by atoms with van der Waals surface area (Å²) >= 11 is 0. The molecule has 3 aromatic rings. The standard InChI is InChI=1S/C19H17F2N7O2/c1-10(9-28-18(19(23)29)7-17(25-28)11(2)26-30)27-4-3-16(24-27)12-5-14(20)13(8-22)15(21)6-12/h3-7,10,30H,9H2,1-2H3,(H2,23,29)/b26-11+. The predicted octanol–water partition coefficient (Wildman–Crippen LogP) is 2.45. The van der Waals surface area contributed by atoms with Gasteiger partial charge in [-0.2, -0.15) is 15.5 Å². The van der Waals surface area contributed by atoms with Gasteiger partial charge in [0, 0.05) is 11.8 Å². The molecule has 0 bridgehead atoms. The second-order valence-corrected chi connectivity index (χ2v) is 6.60. The molecule has 3 rings (SSSR count). The summed E-state index contributed by atoms with van der Waals surface area (Å²) in [6.45, 7) is 3.53. The van der Waals surface area contributed by atoms with Crippen LogP contribution in [0, 0.1) is 23.0 Å². The Morgan fingerprint density at radius 2 is 2.00 bits per heavy atom. The van der Waals surface area contributed by atoms with Crippen LogP contribution < -0.4 is 5.73 Å². The minimum absolute atomic E-state index is 0.128. The van der Waals surface area contributed by atoms with Crippen molar-refractivity contribution in [3.05, 3.63) is 59.0 Å². The largest absolute Gasteiger partial charge is 0.411 e. The molecule has 1 unspecified atom stereocenters. The van der Waals surface area contributed by atoms with Crippen molar-refractivity contribution in [3.8, 4) is 17.3 Å². The van der Waals surface area contributed by atoms with E-state index in [2.05, 4.69) is 15.4 Å². The average Bonchev–Trinajstić information content (AvgIpc) is 3.34. The van der Waals surface area contributed by atoms with E-state index < -0.39 is 23.1 Å². The Balaban J connectivity index is 1.88. The molecule has 0 spiro atoms. The fraction of sp³-hybridized carbons (Fsp3) is 0.211. The molecule has 3 N–H and O–H groups in total. The first-order valence-electron chi connectivity index (χ1n) is 8.76. The number of carbonyl (C=O) groups is 1. The lowest BCUT2D eigenvalue weighted by molar-refractivity contribution is 0.0988. The van der Waals surface area contributed by atoms with E-state index in [1.807, 2.05) is 0 Å². The molecule has 0 saturated carbocycles. The van der Waals surface area contributed by atoms with E-state index in [1.54, 1.807) is 23.9 Å². The molecule has 0 radical (unpaired) electrons. The first kappa shape index (κ1) is 20.7. The number of aromatic nitrogens is 4. The number of nitrogens with two attached hydrogens (primary N) is 1. The molecule has 1 amide bonds. The Bertz CT molecular complexity index is 1170. The van der Waals surface area contributed by atoms with Crippen LogP contribution in [-0.4, -0.2) is 36.4 Å². The summed E-state index contributed by atoms with van der Waals surface area (Å²) in [4.78, 5) is 11.7. The van der Waals surface area contributed by atoms with Crippen molar-refractivity contribution in [1.29, 1.82) is 5.26 Å². The zero-order valence-corrected chi connectivity index (χ0v) is 16.0. The summed E-state index contributed by atoms with van der Waals surface area (Å²) in [6.07, 6.45) is 1.61. The number of carbonyl (C=O) groups excluding carboxylic acids is 1. The van der Waals surface area contributed by atoms with E-state index in [1.165, 1.54) is 23.7 Å². The van der Waals surface area contributed by atoms with Crippen molar-refractivity contribution >= 4 is 11.6 Å². The highest BCUT2D eigenvalue weighted by molar-refractivity contribution is 5.99. The highest BCUT2D eigenvalue weighted by atomic mass is 19.1. The van der Waals surface area contributed by atoms with Crippen LogP contribution in [0.25, 0.3) is 11.3 Å². The Hall–Kier alpha value is -4.07. The fourth-order valence-electron chi connectivity index (χ4n) is 2.88. The van der Waals surface area contributed by atoms with Crippen molar-refractivity contribution < 1.29 is 18.8 Å². The Kier molecular flexibility index (Phi) is 5.59. The summed E-state index contributed by atoms with van der Waals surface area (Å²) in [5.74, 6) is -2.63. The number of nitriles is 1. The molecule has 11 heteroatoms. The van der Waals surface area contributed by atoms with Gasteiger partial charge in [-0.15, -0.1) is 0 Å². The van der Waals surface area contributed by atoms with Crippen LogP contribution in [0.5, 0.6) is 0 Å². The van der Waals surface area contributed by atoms with Crippen LogP contribution in [-0.2, 0) is 6.54 Å². The molecule has 2 aromatic heterocycles. The molecule has 0 saturated heterocycles. The summed E-state index contributed by atoms with van der Waals surface area (Å²) in [5, 5.41) is 29.3. The summed E-state index contributed by atoms with van der Waals surface area (Å²) < 4.78 is 30.7. The minimum Gasteiger partial charge on any atom is -0.411 e. The lowest BCUT2D eigenvalue weighted by atomic mass is 10.1. The summed E-state index contributed by atoms with van der Waals surface area (Å²) in [6, 6.07) is 6.23. The Labute approximate surface area is 169 Å². The number of primary amides is 1. The van der Waals surface area contributed by atoms with Gasteiger partial charge < -0.3 is 10.9 Å². The maximum Gasteiger partial charge on any atom is 0.266 e. The third kappa shape index (κ3) is 3.88. The van der Waals surface area contributed by atoms with Gasteiger partial charge in [-0.25, -0.2) is 8.78 Å². The molecule has 0 aliphatic heterocycles. The molecule has 2 heterocycles. The zero-order valence-electron chi connectivity index (χ0n) is 16.0. The first-order valence-corrected chi connectivity index (χ1v) is 8.76. The van der Waals surface area contributed by atoms with Gasteiger partial charge in [-0.05, 0) is 38.1 Å². The topological polar surface area (TPSA) is 135 Å². The predicted molar refractivity (Wildman–Crippen MR) is 102 cm³/mol. The third-order valence-electron chi connectivity index (χ3n) is 4.50. The second-order valence-electron chi connectivity index (χ2n) is 6.60. The number of halogens is 2. The van der Waals surface area contributed by atoms with Crippen LogP contribution in [0.3, 0.4) is 0 Å². The molecule has 0 aliphatic rings. The van der Waals surface area contributed by atoms with Gasteiger partial charge in [0.25, 0.3) is 5.91 Å². The van der Waals surface area contributed by atoms with E-state index in [0.717, 1.165) is 12.1 Å². The molecular formula is C19H17F2N7O2. The van der Waals surface area contributed by atoms with E-state index >= 15 is 0 Å². The van der Waals surface area contributed by atoms with E-state index in [4.69, 9.17) is 16.2 Å². The number of amides is 1. The van der Waals surface area contributed by atoms with Crippen molar-refractivity contribution in [2.24, 2.45) is 10.9 Å². The highest BCUT2D eigenvalue weighted by Gasteiger charge is 2.18. The minimum atomic E-state index is -0.966. The highest BCUT2D eigenvalue weighted by Crippen LogP contribution is 2.24. The number of hydrogen-bond donors (Lipinski definition) is 2. The van der Waals surface area contributed by atoms with Gasteiger partial charge >= 0.3 is 0 Å². The normalized spacial score (nSPS) is 12.6. The second kappa shape index (κ2) is 8.12. The number of oxime groups is 1. The van der Waals surface area contributed by atoms with Crippen LogP contribution in [0.15, 0.2) is 35.6 Å². The van der Waals surface area contributed by atoms with Gasteiger partial charge in [-0.3, -0.25) is 14.2 Å². The van der Waals surface area contributed by atoms with E-state index in [9.17, 15) is 13.6 Å². The van der Waals surface area contributed by atoms with E-state index in [0.29, 0.717) is 11.4 Å². The molecule has 154 valence electrons. The molecule has 1 aromatic carbocycles. The lowest BCUT2D eigenvalue weighted by Gasteiger charge is -2.14. The van der Waals surface area contributed by atoms with Crippen molar-refractivity contribution in [2.75, 3.05) is 0 Å². The maximum atomic E-state index is 13.9. The molecule has 1 atom stereocenters. The molecule has 0 fully saturated rings. The van der Waals surface area contributed by atoms with E-state index in [-0.39, 0.29) is 29.6 Å². The number of nitrogens with zero attached hydrogens (tertiary/aromatic N) is 6. The zero-order chi connectivity index (χ0) is 22.0. The SMILES string of the molecule is C/C(=N\O)c1cc(C(N)=O)n(CC(C)n2ccc(-c3cc(F)c(C#N)c(F)c3)n2)n1. The van der Waals surface area contributed by atoms with Gasteiger partial charge in [0.2, 0.25) is 0 Å². The van der Waals surface area contributed by atoms with Gasteiger partial charge in [-0.1, -0.05) is 5.16 Å². The van der Waals surface area contributed by atoms with Gasteiger partial charge in [0.05, 0.1) is 18.3 Å². The van der Waals surface area contributed by atoms with Crippen molar-refractivity contribution in [3.63, 3.8) is 0 Å². The fourth-order valence-corrected chi connectivity index (χ4v) is 2.88. The first-order chi connectivity index (χ1) is 14.2. The molecule has 30 heavy (non-hydrogen) atoms. The van der Waals surface area contributed by atoms with Crippen LogP contribution in [0.4, 0.5) is 8.78 Å². The Morgan fingerprint density at radius 1 is 1.33 bits per heavy atom. The summed E-state index contributed by atoms with van der Waals surface area (Å²) in [5.41, 5.74) is 5.88. The molecule has 0 aliphatic carbocycles. The Morgan fingerprint density at radius 3 is 2.57 bits per heavy atom. The number of benzene rings is 1.